The number of carbonyl (C=O) groups is 1. The van der Waals surface area contributed by atoms with Crippen molar-refractivity contribution in [2.45, 2.75) is 0 Å². The van der Waals surface area contributed by atoms with Gasteiger partial charge in [-0.15, -0.1) is 0 Å². The fourth-order valence-electron chi connectivity index (χ4n) is 3.09. The summed E-state index contributed by atoms with van der Waals surface area (Å²) in [6.07, 6.45) is 5.67. The summed E-state index contributed by atoms with van der Waals surface area (Å²) in [6.45, 7) is 0. The van der Waals surface area contributed by atoms with Gasteiger partial charge < -0.3 is 5.11 Å². The fourth-order valence-corrected chi connectivity index (χ4v) is 3.09. The van der Waals surface area contributed by atoms with Crippen LogP contribution in [0.1, 0.15) is 27.0 Å². The normalized spacial score (nSPS) is 11.3. The third kappa shape index (κ3) is 4.62. The molecule has 0 aliphatic heterocycles. The number of amides is 1. The molecule has 0 bridgehead atoms. The van der Waals surface area contributed by atoms with Crippen LogP contribution >= 0.6 is 0 Å². The zero-order valence-electron chi connectivity index (χ0n) is 16.2. The predicted octanol–water partition coefficient (Wildman–Crippen LogP) is 5.48. The van der Waals surface area contributed by atoms with Crippen LogP contribution in [0.4, 0.5) is 0 Å². The summed E-state index contributed by atoms with van der Waals surface area (Å²) in [6, 6.07) is 28.7. The second-order valence-electron chi connectivity index (χ2n) is 6.83. The molecule has 0 fully saturated rings. The smallest absolute Gasteiger partial charge is 0.275 e. The zero-order chi connectivity index (χ0) is 20.8. The summed E-state index contributed by atoms with van der Waals surface area (Å²) >= 11 is 0. The number of phenolic OH excluding ortho intramolecular Hbond substituents is 1. The van der Waals surface area contributed by atoms with Gasteiger partial charge in [-0.3, -0.25) is 4.79 Å². The summed E-state index contributed by atoms with van der Waals surface area (Å²) < 4.78 is 0. The Kier molecular flexibility index (Phi) is 5.67. The first kappa shape index (κ1) is 19.2. The second-order valence-corrected chi connectivity index (χ2v) is 6.83. The average Bonchev–Trinajstić information content (AvgIpc) is 2.78. The molecule has 0 spiro atoms. The van der Waals surface area contributed by atoms with E-state index in [0.717, 1.165) is 27.5 Å². The molecule has 0 radical (unpaired) electrons. The number of fused-ring (bicyclic) bond motifs is 1. The molecule has 146 valence electrons. The number of carbonyl (C=O) groups excluding carboxylic acids is 1. The van der Waals surface area contributed by atoms with Crippen molar-refractivity contribution in [2.75, 3.05) is 0 Å². The van der Waals surface area contributed by atoms with E-state index in [-0.39, 0.29) is 11.3 Å². The maximum atomic E-state index is 12.4. The molecule has 0 saturated carbocycles. The Hall–Kier alpha value is -4.18. The predicted molar refractivity (Wildman–Crippen MR) is 122 cm³/mol. The van der Waals surface area contributed by atoms with Crippen molar-refractivity contribution in [3.8, 4) is 5.75 Å². The van der Waals surface area contributed by atoms with E-state index >= 15 is 0 Å². The molecule has 4 aromatic rings. The third-order valence-electron chi connectivity index (χ3n) is 4.69. The molecular weight excluding hydrogens is 372 g/mol. The number of hydrogen-bond donors (Lipinski definition) is 2. The Labute approximate surface area is 174 Å². The van der Waals surface area contributed by atoms with Crippen molar-refractivity contribution >= 4 is 35.0 Å². The van der Waals surface area contributed by atoms with Gasteiger partial charge in [0.2, 0.25) is 0 Å². The molecule has 4 heteroatoms. The lowest BCUT2D eigenvalue weighted by Crippen LogP contribution is -2.17. The van der Waals surface area contributed by atoms with E-state index in [0.29, 0.717) is 0 Å². The van der Waals surface area contributed by atoms with E-state index in [4.69, 9.17) is 0 Å². The van der Waals surface area contributed by atoms with E-state index < -0.39 is 5.91 Å². The standard InChI is InChI=1S/C26H20N2O2/c29-25-17-23-9-5-4-8-22(23)16-24(25)26(30)28-27-18-21-14-12-20(13-15-21)11-10-19-6-2-1-3-7-19/h1-18,29H,(H,28,30). The highest BCUT2D eigenvalue weighted by atomic mass is 16.3. The third-order valence-corrected chi connectivity index (χ3v) is 4.69. The molecule has 0 unspecified atom stereocenters. The molecule has 0 aromatic heterocycles. The zero-order valence-corrected chi connectivity index (χ0v) is 16.2. The van der Waals surface area contributed by atoms with Crippen LogP contribution in [0, 0.1) is 0 Å². The van der Waals surface area contributed by atoms with Crippen LogP contribution in [0.2, 0.25) is 0 Å². The molecular formula is C26H20N2O2. The molecule has 30 heavy (non-hydrogen) atoms. The van der Waals surface area contributed by atoms with Crippen molar-refractivity contribution < 1.29 is 9.90 Å². The summed E-state index contributed by atoms with van der Waals surface area (Å²) in [4.78, 5) is 12.4. The number of hydrogen-bond acceptors (Lipinski definition) is 3. The van der Waals surface area contributed by atoms with Gasteiger partial charge >= 0.3 is 0 Å². The summed E-state index contributed by atoms with van der Waals surface area (Å²) in [7, 11) is 0. The van der Waals surface area contributed by atoms with E-state index in [2.05, 4.69) is 16.6 Å². The number of phenols is 1. The van der Waals surface area contributed by atoms with Crippen molar-refractivity contribution in [1.82, 2.24) is 5.43 Å². The lowest BCUT2D eigenvalue weighted by Gasteiger charge is -2.05. The fraction of sp³-hybridized carbons (Fsp3) is 0. The molecule has 0 atom stereocenters. The van der Waals surface area contributed by atoms with E-state index in [1.54, 1.807) is 18.3 Å². The monoisotopic (exact) mass is 392 g/mol. The Morgan fingerprint density at radius 2 is 1.30 bits per heavy atom. The molecule has 0 saturated heterocycles. The highest BCUT2D eigenvalue weighted by Crippen LogP contribution is 2.24. The number of nitrogens with one attached hydrogen (secondary N) is 1. The van der Waals surface area contributed by atoms with Gasteiger partial charge in [0.15, 0.2) is 0 Å². The van der Waals surface area contributed by atoms with Gasteiger partial charge in [-0.2, -0.15) is 5.10 Å². The van der Waals surface area contributed by atoms with Crippen molar-refractivity contribution in [1.29, 1.82) is 0 Å². The second kappa shape index (κ2) is 8.88. The molecule has 4 nitrogen and oxygen atoms in total. The maximum absolute atomic E-state index is 12.4. The number of aromatic hydroxyl groups is 1. The van der Waals surface area contributed by atoms with Crippen LogP contribution in [0.25, 0.3) is 22.9 Å². The average molecular weight is 392 g/mol. The SMILES string of the molecule is O=C(NN=Cc1ccc(C=Cc2ccccc2)cc1)c1cc2ccccc2cc1O. The summed E-state index contributed by atoms with van der Waals surface area (Å²) in [5.41, 5.74) is 5.73. The van der Waals surface area contributed by atoms with Crippen LogP contribution in [0.3, 0.4) is 0 Å². The number of rotatable bonds is 5. The van der Waals surface area contributed by atoms with E-state index in [1.807, 2.05) is 84.9 Å². The van der Waals surface area contributed by atoms with Gasteiger partial charge in [-0.05, 0) is 39.6 Å². The van der Waals surface area contributed by atoms with Gasteiger partial charge in [-0.25, -0.2) is 5.43 Å². The topological polar surface area (TPSA) is 61.7 Å². The molecule has 1 amide bonds. The first-order chi connectivity index (χ1) is 14.7. The van der Waals surface area contributed by atoms with Gasteiger partial charge in [0.05, 0.1) is 11.8 Å². The quantitative estimate of drug-likeness (QED) is 0.268. The van der Waals surface area contributed by atoms with Crippen LogP contribution in [-0.4, -0.2) is 17.2 Å². The summed E-state index contributed by atoms with van der Waals surface area (Å²) in [5.74, 6) is -0.534. The highest BCUT2D eigenvalue weighted by Gasteiger charge is 2.11. The van der Waals surface area contributed by atoms with Crippen molar-refractivity contribution in [3.05, 3.63) is 113 Å². The van der Waals surface area contributed by atoms with E-state index in [9.17, 15) is 9.90 Å². The first-order valence-electron chi connectivity index (χ1n) is 9.57. The highest BCUT2D eigenvalue weighted by molar-refractivity contribution is 6.01. The lowest BCUT2D eigenvalue weighted by atomic mass is 10.1. The maximum Gasteiger partial charge on any atom is 0.275 e. The largest absolute Gasteiger partial charge is 0.507 e. The molecule has 0 aliphatic rings. The molecule has 2 N–H and O–H groups in total. The molecule has 4 rings (SSSR count). The number of benzene rings is 4. The van der Waals surface area contributed by atoms with Gasteiger partial charge in [-0.1, -0.05) is 91.0 Å². The minimum absolute atomic E-state index is 0.0732. The Morgan fingerprint density at radius 3 is 2.00 bits per heavy atom. The van der Waals surface area contributed by atoms with Crippen molar-refractivity contribution in [2.24, 2.45) is 5.10 Å². The summed E-state index contributed by atoms with van der Waals surface area (Å²) in [5, 5.41) is 15.9. The van der Waals surface area contributed by atoms with Crippen LogP contribution in [0.5, 0.6) is 5.75 Å². The Morgan fingerprint density at radius 1 is 0.733 bits per heavy atom. The van der Waals surface area contributed by atoms with Crippen molar-refractivity contribution in [3.63, 3.8) is 0 Å². The number of nitrogens with zero attached hydrogens (tertiary/aromatic N) is 1. The first-order valence-corrected chi connectivity index (χ1v) is 9.57. The van der Waals surface area contributed by atoms with E-state index in [1.165, 1.54) is 0 Å². The van der Waals surface area contributed by atoms with Gasteiger partial charge in [0.1, 0.15) is 5.75 Å². The van der Waals surface area contributed by atoms with Crippen LogP contribution in [0.15, 0.2) is 96.1 Å². The van der Waals surface area contributed by atoms with Crippen LogP contribution < -0.4 is 5.43 Å². The van der Waals surface area contributed by atoms with Gasteiger partial charge in [0, 0.05) is 0 Å². The molecule has 0 aliphatic carbocycles. The minimum Gasteiger partial charge on any atom is -0.507 e. The van der Waals surface area contributed by atoms with Gasteiger partial charge in [0.25, 0.3) is 5.91 Å². The molecule has 0 heterocycles. The Balaban J connectivity index is 1.40. The van der Waals surface area contributed by atoms with Crippen LogP contribution in [-0.2, 0) is 0 Å². The Bertz CT molecular complexity index is 1230. The number of hydrazone groups is 1. The lowest BCUT2D eigenvalue weighted by molar-refractivity contribution is 0.0952. The minimum atomic E-state index is -0.461. The molecule has 4 aromatic carbocycles.